The normalized spacial score (nSPS) is 22.4. The fourth-order valence-corrected chi connectivity index (χ4v) is 3.20. The van der Waals surface area contributed by atoms with E-state index in [-0.39, 0.29) is 5.78 Å². The molecule has 0 N–H and O–H groups in total. The lowest BCUT2D eigenvalue weighted by molar-refractivity contribution is 0.0936. The average molecular weight is 272 g/mol. The molecule has 94 valence electrons. The van der Waals surface area contributed by atoms with Crippen LogP contribution >= 0.6 is 22.9 Å². The molecule has 0 aromatic carbocycles. The molecule has 1 unspecified atom stereocenters. The van der Waals surface area contributed by atoms with Crippen molar-refractivity contribution in [2.75, 3.05) is 19.6 Å². The highest BCUT2D eigenvalue weighted by Crippen LogP contribution is 2.22. The van der Waals surface area contributed by atoms with E-state index in [0.717, 1.165) is 23.9 Å². The summed E-state index contributed by atoms with van der Waals surface area (Å²) in [6.07, 6.45) is 3.70. The Morgan fingerprint density at radius 1 is 1.47 bits per heavy atom. The minimum atomic E-state index is 0.205. The van der Waals surface area contributed by atoms with Gasteiger partial charge in [-0.25, -0.2) is 0 Å². The molecule has 17 heavy (non-hydrogen) atoms. The van der Waals surface area contributed by atoms with Gasteiger partial charge in [-0.15, -0.1) is 11.3 Å². The number of rotatable bonds is 3. The predicted molar refractivity (Wildman–Crippen MR) is 73.1 cm³/mol. The number of Topliss-reactive ketones (excluding diaryl/α,β-unsaturated/α-hetero) is 1. The number of hydrogen-bond donors (Lipinski definition) is 0. The molecule has 1 aliphatic rings. The van der Waals surface area contributed by atoms with Crippen molar-refractivity contribution in [1.82, 2.24) is 4.90 Å². The molecular weight excluding hydrogens is 254 g/mol. The number of carbonyl (C=O) groups excluding carboxylic acids is 1. The van der Waals surface area contributed by atoms with E-state index >= 15 is 0 Å². The van der Waals surface area contributed by atoms with Gasteiger partial charge in [0.05, 0.1) is 15.8 Å². The van der Waals surface area contributed by atoms with Crippen LogP contribution in [0.15, 0.2) is 12.1 Å². The summed E-state index contributed by atoms with van der Waals surface area (Å²) in [5.74, 6) is 1.00. The average Bonchev–Trinajstić information content (AvgIpc) is 2.62. The van der Waals surface area contributed by atoms with Gasteiger partial charge in [0.1, 0.15) is 0 Å². The van der Waals surface area contributed by atoms with Gasteiger partial charge in [-0.2, -0.15) is 0 Å². The van der Waals surface area contributed by atoms with E-state index in [2.05, 4.69) is 11.8 Å². The van der Waals surface area contributed by atoms with Crippen molar-refractivity contribution < 1.29 is 4.79 Å². The second-order valence-corrected chi connectivity index (χ2v) is 6.55. The maximum atomic E-state index is 12.0. The summed E-state index contributed by atoms with van der Waals surface area (Å²) >= 11 is 7.22. The summed E-state index contributed by atoms with van der Waals surface area (Å²) in [6, 6.07) is 3.62. The number of halogens is 1. The largest absolute Gasteiger partial charge is 0.296 e. The molecular formula is C13H18ClNOS. The van der Waals surface area contributed by atoms with Crippen LogP contribution in [0.3, 0.4) is 0 Å². The third-order valence-electron chi connectivity index (χ3n) is 3.32. The van der Waals surface area contributed by atoms with Gasteiger partial charge in [0.25, 0.3) is 0 Å². The van der Waals surface area contributed by atoms with E-state index in [9.17, 15) is 4.79 Å². The first kappa shape index (κ1) is 13.1. The first-order chi connectivity index (χ1) is 8.15. The number of ketones is 1. The Morgan fingerprint density at radius 3 is 3.00 bits per heavy atom. The SMILES string of the molecule is CC1CCCN(CC(=O)c2ccc(Cl)s2)CC1. The lowest BCUT2D eigenvalue weighted by atomic mass is 10.0. The molecule has 1 fully saturated rings. The van der Waals surface area contributed by atoms with E-state index in [1.54, 1.807) is 6.07 Å². The molecule has 0 saturated carbocycles. The number of nitrogens with zero attached hydrogens (tertiary/aromatic N) is 1. The second kappa shape index (κ2) is 5.98. The summed E-state index contributed by atoms with van der Waals surface area (Å²) in [7, 11) is 0. The third kappa shape index (κ3) is 3.80. The first-order valence-electron chi connectivity index (χ1n) is 6.16. The Hall–Kier alpha value is -0.380. The minimum absolute atomic E-state index is 0.205. The molecule has 1 aromatic rings. The standard InChI is InChI=1S/C13H18ClNOS/c1-10-3-2-7-15(8-6-10)9-11(16)12-4-5-13(14)17-12/h4-5,10H,2-3,6-9H2,1H3. The highest BCUT2D eigenvalue weighted by molar-refractivity contribution is 7.18. The highest BCUT2D eigenvalue weighted by Gasteiger charge is 2.17. The van der Waals surface area contributed by atoms with Crippen LogP contribution in [0.5, 0.6) is 0 Å². The zero-order valence-electron chi connectivity index (χ0n) is 10.1. The second-order valence-electron chi connectivity index (χ2n) is 4.84. The number of hydrogen-bond acceptors (Lipinski definition) is 3. The monoisotopic (exact) mass is 271 g/mol. The van der Waals surface area contributed by atoms with Crippen molar-refractivity contribution in [2.45, 2.75) is 26.2 Å². The van der Waals surface area contributed by atoms with Gasteiger partial charge in [-0.3, -0.25) is 9.69 Å². The molecule has 2 heterocycles. The van der Waals surface area contributed by atoms with E-state index in [0.29, 0.717) is 10.9 Å². The minimum Gasteiger partial charge on any atom is -0.296 e. The number of carbonyl (C=O) groups is 1. The van der Waals surface area contributed by atoms with Crippen LogP contribution in [-0.4, -0.2) is 30.3 Å². The summed E-state index contributed by atoms with van der Waals surface area (Å²) < 4.78 is 0.692. The van der Waals surface area contributed by atoms with Crippen LogP contribution in [0, 0.1) is 5.92 Å². The van der Waals surface area contributed by atoms with Crippen molar-refractivity contribution in [3.63, 3.8) is 0 Å². The Balaban J connectivity index is 1.90. The van der Waals surface area contributed by atoms with E-state index in [4.69, 9.17) is 11.6 Å². The van der Waals surface area contributed by atoms with Crippen LogP contribution in [0.2, 0.25) is 4.34 Å². The zero-order valence-corrected chi connectivity index (χ0v) is 11.7. The summed E-state index contributed by atoms with van der Waals surface area (Å²) in [6.45, 7) is 4.94. The van der Waals surface area contributed by atoms with Crippen LogP contribution in [0.1, 0.15) is 35.9 Å². The third-order valence-corrected chi connectivity index (χ3v) is 4.60. The molecule has 0 spiro atoms. The molecule has 1 saturated heterocycles. The Kier molecular flexibility index (Phi) is 4.60. The van der Waals surface area contributed by atoms with Gasteiger partial charge in [0, 0.05) is 0 Å². The molecule has 0 radical (unpaired) electrons. The molecule has 0 amide bonds. The smallest absolute Gasteiger partial charge is 0.186 e. The quantitative estimate of drug-likeness (QED) is 0.781. The van der Waals surface area contributed by atoms with Gasteiger partial charge in [0.2, 0.25) is 0 Å². The first-order valence-corrected chi connectivity index (χ1v) is 7.35. The number of thiophene rings is 1. The lowest BCUT2D eigenvalue weighted by Crippen LogP contribution is -2.30. The van der Waals surface area contributed by atoms with Gasteiger partial charge >= 0.3 is 0 Å². The van der Waals surface area contributed by atoms with Crippen molar-refractivity contribution in [3.8, 4) is 0 Å². The number of likely N-dealkylation sites (tertiary alicyclic amines) is 1. The molecule has 2 rings (SSSR count). The summed E-state index contributed by atoms with van der Waals surface area (Å²) in [5, 5.41) is 0. The van der Waals surface area contributed by atoms with Crippen molar-refractivity contribution in [3.05, 3.63) is 21.3 Å². The topological polar surface area (TPSA) is 20.3 Å². The van der Waals surface area contributed by atoms with Crippen LogP contribution < -0.4 is 0 Å². The van der Waals surface area contributed by atoms with Gasteiger partial charge in [-0.05, 0) is 50.4 Å². The van der Waals surface area contributed by atoms with Crippen LogP contribution in [-0.2, 0) is 0 Å². The molecule has 2 nitrogen and oxygen atoms in total. The maximum absolute atomic E-state index is 12.0. The molecule has 0 bridgehead atoms. The Bertz CT molecular complexity index is 391. The van der Waals surface area contributed by atoms with Crippen molar-refractivity contribution in [2.24, 2.45) is 5.92 Å². The van der Waals surface area contributed by atoms with Crippen LogP contribution in [0.25, 0.3) is 0 Å². The fraction of sp³-hybridized carbons (Fsp3) is 0.615. The summed E-state index contributed by atoms with van der Waals surface area (Å²) in [5.41, 5.74) is 0. The van der Waals surface area contributed by atoms with E-state index in [1.807, 2.05) is 6.07 Å². The highest BCUT2D eigenvalue weighted by atomic mass is 35.5. The van der Waals surface area contributed by atoms with Crippen LogP contribution in [0.4, 0.5) is 0 Å². The van der Waals surface area contributed by atoms with E-state index < -0.39 is 0 Å². The van der Waals surface area contributed by atoms with Crippen molar-refractivity contribution >= 4 is 28.7 Å². The van der Waals surface area contributed by atoms with Gasteiger partial charge in [0.15, 0.2) is 5.78 Å². The van der Waals surface area contributed by atoms with Crippen molar-refractivity contribution in [1.29, 1.82) is 0 Å². The molecule has 4 heteroatoms. The molecule has 0 aliphatic carbocycles. The zero-order chi connectivity index (χ0) is 12.3. The Labute approximate surface area is 112 Å². The molecule has 1 atom stereocenters. The summed E-state index contributed by atoms with van der Waals surface area (Å²) in [4.78, 5) is 15.1. The Morgan fingerprint density at radius 2 is 2.29 bits per heavy atom. The maximum Gasteiger partial charge on any atom is 0.186 e. The fourth-order valence-electron chi connectivity index (χ4n) is 2.23. The van der Waals surface area contributed by atoms with Gasteiger partial charge < -0.3 is 0 Å². The molecule has 1 aromatic heterocycles. The predicted octanol–water partition coefficient (Wildman–Crippen LogP) is 3.71. The molecule has 1 aliphatic heterocycles. The van der Waals surface area contributed by atoms with Gasteiger partial charge in [-0.1, -0.05) is 18.5 Å². The van der Waals surface area contributed by atoms with E-state index in [1.165, 1.54) is 30.6 Å². The lowest BCUT2D eigenvalue weighted by Gasteiger charge is -2.18.